The maximum absolute atomic E-state index is 12.3. The molecule has 0 aromatic carbocycles. The van der Waals surface area contributed by atoms with E-state index in [-0.39, 0.29) is 23.1 Å². The molecule has 2 aromatic heterocycles. The molecule has 0 spiro atoms. The van der Waals surface area contributed by atoms with Gasteiger partial charge < -0.3 is 14.6 Å². The summed E-state index contributed by atoms with van der Waals surface area (Å²) in [4.78, 5) is 36.2. The number of nitrogens with one attached hydrogen (secondary N) is 1. The first-order valence-electron chi connectivity index (χ1n) is 7.13. The third-order valence-electron chi connectivity index (χ3n) is 3.60. The van der Waals surface area contributed by atoms with Crippen molar-refractivity contribution in [3.8, 4) is 5.88 Å². The van der Waals surface area contributed by atoms with Crippen molar-refractivity contribution in [3.63, 3.8) is 0 Å². The Labute approximate surface area is 127 Å². The van der Waals surface area contributed by atoms with Gasteiger partial charge in [0.15, 0.2) is 0 Å². The summed E-state index contributed by atoms with van der Waals surface area (Å²) in [7, 11) is 0. The van der Waals surface area contributed by atoms with Crippen LogP contribution >= 0.6 is 0 Å². The first kappa shape index (κ1) is 14.2. The zero-order valence-electron chi connectivity index (χ0n) is 11.9. The Bertz CT molecular complexity index is 693. The van der Waals surface area contributed by atoms with E-state index < -0.39 is 0 Å². The maximum atomic E-state index is 12.3. The fraction of sp³-hybridized carbons (Fsp3) is 0.333. The van der Waals surface area contributed by atoms with Crippen molar-refractivity contribution in [3.05, 3.63) is 52.8 Å². The Kier molecular flexibility index (Phi) is 4.13. The normalized spacial score (nSPS) is 15.5. The van der Waals surface area contributed by atoms with Crippen molar-refractivity contribution < 1.29 is 9.53 Å². The summed E-state index contributed by atoms with van der Waals surface area (Å²) in [6, 6.07) is 3.20. The fourth-order valence-corrected chi connectivity index (χ4v) is 2.45. The van der Waals surface area contributed by atoms with Gasteiger partial charge in [-0.2, -0.15) is 0 Å². The quantitative estimate of drug-likeness (QED) is 0.908. The Morgan fingerprint density at radius 3 is 2.82 bits per heavy atom. The number of carbonyl (C=O) groups excluding carboxylic acids is 1. The van der Waals surface area contributed by atoms with Gasteiger partial charge >= 0.3 is 0 Å². The number of hydrogen-bond acceptors (Lipinski definition) is 5. The predicted molar refractivity (Wildman–Crippen MR) is 78.6 cm³/mol. The highest BCUT2D eigenvalue weighted by molar-refractivity contribution is 5.93. The molecule has 114 valence electrons. The standard InChI is InChI=1S/C15H16N4O3/c20-14-12(2-1-5-18-14)15(21)19-8-3-11(4-9-19)22-13-10-16-6-7-17-13/h1-2,5-7,10-11H,3-4,8-9H2,(H,18,20). The highest BCUT2D eigenvalue weighted by Crippen LogP contribution is 2.17. The van der Waals surface area contributed by atoms with Crippen molar-refractivity contribution in [2.24, 2.45) is 0 Å². The van der Waals surface area contributed by atoms with Gasteiger partial charge in [0, 0.05) is 44.5 Å². The van der Waals surface area contributed by atoms with Crippen LogP contribution in [0.5, 0.6) is 5.88 Å². The summed E-state index contributed by atoms with van der Waals surface area (Å²) in [6.45, 7) is 1.11. The Hall–Kier alpha value is -2.70. The van der Waals surface area contributed by atoms with Crippen LogP contribution in [0, 0.1) is 0 Å². The summed E-state index contributed by atoms with van der Waals surface area (Å²) in [6.07, 6.45) is 7.66. The second-order valence-electron chi connectivity index (χ2n) is 5.07. The lowest BCUT2D eigenvalue weighted by Gasteiger charge is -2.31. The van der Waals surface area contributed by atoms with E-state index >= 15 is 0 Å². The zero-order chi connectivity index (χ0) is 15.4. The van der Waals surface area contributed by atoms with E-state index in [9.17, 15) is 9.59 Å². The van der Waals surface area contributed by atoms with Crippen molar-refractivity contribution in [2.75, 3.05) is 13.1 Å². The van der Waals surface area contributed by atoms with Crippen molar-refractivity contribution >= 4 is 5.91 Å². The molecule has 1 saturated heterocycles. The number of likely N-dealkylation sites (tertiary alicyclic amines) is 1. The first-order chi connectivity index (χ1) is 10.7. The van der Waals surface area contributed by atoms with Crippen LogP contribution in [0.15, 0.2) is 41.7 Å². The number of carbonyl (C=O) groups is 1. The van der Waals surface area contributed by atoms with E-state index in [1.165, 1.54) is 6.20 Å². The summed E-state index contributed by atoms with van der Waals surface area (Å²) in [5.74, 6) is 0.256. The third kappa shape index (κ3) is 3.13. The van der Waals surface area contributed by atoms with Gasteiger partial charge in [-0.15, -0.1) is 0 Å². The molecular weight excluding hydrogens is 284 g/mol. The van der Waals surface area contributed by atoms with E-state index in [1.807, 2.05) is 0 Å². The highest BCUT2D eigenvalue weighted by atomic mass is 16.5. The molecular formula is C15H16N4O3. The molecule has 0 bridgehead atoms. The number of aromatic nitrogens is 3. The number of aromatic amines is 1. The van der Waals surface area contributed by atoms with Crippen molar-refractivity contribution in [1.29, 1.82) is 0 Å². The van der Waals surface area contributed by atoms with Crippen LogP contribution in [0.3, 0.4) is 0 Å². The van der Waals surface area contributed by atoms with Gasteiger partial charge in [0.05, 0.1) is 6.20 Å². The largest absolute Gasteiger partial charge is 0.473 e. The molecule has 0 aliphatic carbocycles. The minimum atomic E-state index is -0.356. The van der Waals surface area contributed by atoms with Gasteiger partial charge in [-0.3, -0.25) is 14.6 Å². The van der Waals surface area contributed by atoms with E-state index in [1.54, 1.807) is 35.6 Å². The number of pyridine rings is 1. The Morgan fingerprint density at radius 2 is 2.14 bits per heavy atom. The minimum Gasteiger partial charge on any atom is -0.473 e. The number of amides is 1. The van der Waals surface area contributed by atoms with Gasteiger partial charge in [0.25, 0.3) is 11.5 Å². The third-order valence-corrected chi connectivity index (χ3v) is 3.60. The minimum absolute atomic E-state index is 0.00908. The van der Waals surface area contributed by atoms with Crippen LogP contribution in [-0.4, -0.2) is 45.0 Å². The van der Waals surface area contributed by atoms with Gasteiger partial charge in [0.1, 0.15) is 11.7 Å². The summed E-state index contributed by atoms with van der Waals surface area (Å²) < 4.78 is 5.73. The van der Waals surface area contributed by atoms with Gasteiger partial charge in [-0.25, -0.2) is 4.98 Å². The van der Waals surface area contributed by atoms with Crippen LogP contribution in [0.4, 0.5) is 0 Å². The molecule has 0 unspecified atom stereocenters. The van der Waals surface area contributed by atoms with E-state index in [2.05, 4.69) is 15.0 Å². The van der Waals surface area contributed by atoms with E-state index in [4.69, 9.17) is 4.74 Å². The Balaban J connectivity index is 1.59. The fourth-order valence-electron chi connectivity index (χ4n) is 2.45. The lowest BCUT2D eigenvalue weighted by Crippen LogP contribution is -2.43. The lowest BCUT2D eigenvalue weighted by atomic mass is 10.1. The van der Waals surface area contributed by atoms with Gasteiger partial charge in [0.2, 0.25) is 5.88 Å². The summed E-state index contributed by atoms with van der Waals surface area (Å²) >= 11 is 0. The second kappa shape index (κ2) is 6.38. The van der Waals surface area contributed by atoms with Gasteiger partial charge in [-0.05, 0) is 12.1 Å². The van der Waals surface area contributed by atoms with Crippen molar-refractivity contribution in [1.82, 2.24) is 19.9 Å². The lowest BCUT2D eigenvalue weighted by molar-refractivity contribution is 0.0585. The molecule has 1 amide bonds. The molecule has 7 nitrogen and oxygen atoms in total. The zero-order valence-corrected chi connectivity index (χ0v) is 11.9. The first-order valence-corrected chi connectivity index (χ1v) is 7.13. The highest BCUT2D eigenvalue weighted by Gasteiger charge is 2.26. The molecule has 0 saturated carbocycles. The average Bonchev–Trinajstić information content (AvgIpc) is 2.56. The molecule has 3 rings (SSSR count). The average molecular weight is 300 g/mol. The van der Waals surface area contributed by atoms with Crippen LogP contribution in [0.1, 0.15) is 23.2 Å². The smallest absolute Gasteiger partial charge is 0.260 e. The monoisotopic (exact) mass is 300 g/mol. The molecule has 3 heterocycles. The van der Waals surface area contributed by atoms with Crippen molar-refractivity contribution in [2.45, 2.75) is 18.9 Å². The number of piperidine rings is 1. The molecule has 7 heteroatoms. The van der Waals surface area contributed by atoms with E-state index in [0.717, 1.165) is 0 Å². The van der Waals surface area contributed by atoms with Crippen LogP contribution in [0.2, 0.25) is 0 Å². The molecule has 22 heavy (non-hydrogen) atoms. The number of H-pyrrole nitrogens is 1. The van der Waals surface area contributed by atoms with Gasteiger partial charge in [-0.1, -0.05) is 0 Å². The topological polar surface area (TPSA) is 88.2 Å². The number of rotatable bonds is 3. The number of hydrogen-bond donors (Lipinski definition) is 1. The maximum Gasteiger partial charge on any atom is 0.260 e. The van der Waals surface area contributed by atoms with Crippen LogP contribution in [0.25, 0.3) is 0 Å². The molecule has 1 fully saturated rings. The molecule has 0 radical (unpaired) electrons. The summed E-state index contributed by atoms with van der Waals surface area (Å²) in [5, 5.41) is 0. The van der Waals surface area contributed by atoms with E-state index in [0.29, 0.717) is 31.8 Å². The second-order valence-corrected chi connectivity index (χ2v) is 5.07. The predicted octanol–water partition coefficient (Wildman–Crippen LogP) is 0.848. The molecule has 0 atom stereocenters. The molecule has 1 aliphatic heterocycles. The Morgan fingerprint density at radius 1 is 1.32 bits per heavy atom. The number of nitrogens with zero attached hydrogens (tertiary/aromatic N) is 3. The molecule has 1 N–H and O–H groups in total. The molecule has 2 aromatic rings. The van der Waals surface area contributed by atoms with Crippen LogP contribution < -0.4 is 10.3 Å². The SMILES string of the molecule is O=C(c1ccc[nH]c1=O)N1CCC(Oc2cnccn2)CC1. The molecule has 1 aliphatic rings. The summed E-state index contributed by atoms with van der Waals surface area (Å²) in [5.41, 5.74) is -0.179. The van der Waals surface area contributed by atoms with Crippen LogP contribution in [-0.2, 0) is 0 Å². The number of ether oxygens (including phenoxy) is 1.